The highest BCUT2D eigenvalue weighted by Crippen LogP contribution is 2.06. The second-order valence-electron chi connectivity index (χ2n) is 2.88. The van der Waals surface area contributed by atoms with Crippen molar-refractivity contribution in [3.63, 3.8) is 0 Å². The summed E-state index contributed by atoms with van der Waals surface area (Å²) in [5.41, 5.74) is 5.75. The zero-order chi connectivity index (χ0) is 8.81. The highest BCUT2D eigenvalue weighted by molar-refractivity contribution is 7.09. The number of hydrogen-bond acceptors (Lipinski definition) is 3. The van der Waals surface area contributed by atoms with Gasteiger partial charge in [0.05, 0.1) is 0 Å². The maximum atomic E-state index is 5.75. The molecule has 0 saturated heterocycles. The van der Waals surface area contributed by atoms with Gasteiger partial charge in [-0.25, -0.2) is 0 Å². The van der Waals surface area contributed by atoms with Crippen LogP contribution in [0.3, 0.4) is 0 Å². The van der Waals surface area contributed by atoms with Crippen molar-refractivity contribution < 1.29 is 0 Å². The molecule has 3 N–H and O–H groups in total. The van der Waals surface area contributed by atoms with Gasteiger partial charge in [-0.2, -0.15) is 0 Å². The first-order chi connectivity index (χ1) is 5.83. The Balaban J connectivity index is 2.11. The van der Waals surface area contributed by atoms with Crippen LogP contribution in [0.25, 0.3) is 0 Å². The van der Waals surface area contributed by atoms with E-state index in [1.807, 2.05) is 0 Å². The lowest BCUT2D eigenvalue weighted by Gasteiger charge is -2.08. The first kappa shape index (κ1) is 9.71. The lowest BCUT2D eigenvalue weighted by Crippen LogP contribution is -2.32. The number of nitrogens with one attached hydrogen (secondary N) is 1. The predicted molar refractivity (Wildman–Crippen MR) is 54.3 cm³/mol. The first-order valence-corrected chi connectivity index (χ1v) is 5.19. The second-order valence-corrected chi connectivity index (χ2v) is 3.91. The molecule has 1 aromatic rings. The van der Waals surface area contributed by atoms with E-state index >= 15 is 0 Å². The smallest absolute Gasteiger partial charge is 0.0300 e. The number of nitrogens with two attached hydrogens (primary N) is 1. The molecule has 1 aromatic heterocycles. The molecule has 0 radical (unpaired) electrons. The molecular weight excluding hydrogens is 168 g/mol. The summed E-state index contributed by atoms with van der Waals surface area (Å²) < 4.78 is 0. The largest absolute Gasteiger partial charge is 0.327 e. The Kier molecular flexibility index (Phi) is 4.29. The van der Waals surface area contributed by atoms with E-state index in [-0.39, 0.29) is 0 Å². The van der Waals surface area contributed by atoms with Crippen LogP contribution in [0.15, 0.2) is 17.5 Å². The molecule has 0 spiro atoms. The van der Waals surface area contributed by atoms with Crippen molar-refractivity contribution in [2.24, 2.45) is 5.73 Å². The van der Waals surface area contributed by atoms with Gasteiger partial charge < -0.3 is 11.1 Å². The van der Waals surface area contributed by atoms with Crippen LogP contribution in [-0.2, 0) is 6.54 Å². The normalized spacial score (nSPS) is 13.2. The average Bonchev–Trinajstić information content (AvgIpc) is 2.57. The van der Waals surface area contributed by atoms with Gasteiger partial charge in [-0.1, -0.05) is 13.0 Å². The fourth-order valence-corrected chi connectivity index (χ4v) is 1.61. The van der Waals surface area contributed by atoms with Crippen molar-refractivity contribution in [1.82, 2.24) is 5.32 Å². The molecule has 68 valence electrons. The van der Waals surface area contributed by atoms with Gasteiger partial charge in [-0.15, -0.1) is 11.3 Å². The lowest BCUT2D eigenvalue weighted by molar-refractivity contribution is 0.566. The molecule has 0 aliphatic carbocycles. The van der Waals surface area contributed by atoms with Crippen LogP contribution in [0.4, 0.5) is 0 Å². The summed E-state index contributed by atoms with van der Waals surface area (Å²) in [4.78, 5) is 1.37. The average molecular weight is 184 g/mol. The van der Waals surface area contributed by atoms with Crippen molar-refractivity contribution >= 4 is 11.3 Å². The Morgan fingerprint density at radius 2 is 2.50 bits per heavy atom. The molecule has 2 nitrogen and oxygen atoms in total. The monoisotopic (exact) mass is 184 g/mol. The van der Waals surface area contributed by atoms with Gasteiger partial charge in [0, 0.05) is 24.0 Å². The fourth-order valence-electron chi connectivity index (χ4n) is 0.938. The van der Waals surface area contributed by atoms with Crippen molar-refractivity contribution in [2.75, 3.05) is 6.54 Å². The molecule has 12 heavy (non-hydrogen) atoms. The van der Waals surface area contributed by atoms with Crippen molar-refractivity contribution in [2.45, 2.75) is 25.9 Å². The van der Waals surface area contributed by atoms with Gasteiger partial charge in [0.2, 0.25) is 0 Å². The van der Waals surface area contributed by atoms with E-state index in [0.29, 0.717) is 6.04 Å². The quantitative estimate of drug-likeness (QED) is 0.729. The maximum absolute atomic E-state index is 5.75. The highest BCUT2D eigenvalue weighted by Gasteiger charge is 1.97. The van der Waals surface area contributed by atoms with Gasteiger partial charge in [0.15, 0.2) is 0 Å². The van der Waals surface area contributed by atoms with Gasteiger partial charge >= 0.3 is 0 Å². The second kappa shape index (κ2) is 5.30. The standard InChI is InChI=1S/C9H16N2S/c1-2-8(10)6-11-7-9-4-3-5-12-9/h3-5,8,11H,2,6-7,10H2,1H3. The summed E-state index contributed by atoms with van der Waals surface area (Å²) in [5.74, 6) is 0. The molecule has 3 heteroatoms. The minimum atomic E-state index is 0.296. The summed E-state index contributed by atoms with van der Waals surface area (Å²) in [5, 5.41) is 5.42. The highest BCUT2D eigenvalue weighted by atomic mass is 32.1. The molecule has 1 atom stereocenters. The number of hydrogen-bond donors (Lipinski definition) is 2. The minimum Gasteiger partial charge on any atom is -0.327 e. The Hall–Kier alpha value is -0.380. The Morgan fingerprint density at radius 1 is 1.67 bits per heavy atom. The van der Waals surface area contributed by atoms with Gasteiger partial charge in [-0.3, -0.25) is 0 Å². The lowest BCUT2D eigenvalue weighted by atomic mass is 10.2. The molecule has 1 heterocycles. The van der Waals surface area contributed by atoms with Gasteiger partial charge in [0.1, 0.15) is 0 Å². The fraction of sp³-hybridized carbons (Fsp3) is 0.556. The van der Waals surface area contributed by atoms with Crippen LogP contribution in [0.5, 0.6) is 0 Å². The Bertz CT molecular complexity index is 196. The summed E-state index contributed by atoms with van der Waals surface area (Å²) >= 11 is 1.78. The molecular formula is C9H16N2S. The Morgan fingerprint density at radius 3 is 3.08 bits per heavy atom. The van der Waals surface area contributed by atoms with Crippen LogP contribution < -0.4 is 11.1 Å². The molecule has 1 unspecified atom stereocenters. The SMILES string of the molecule is CCC(N)CNCc1cccs1. The third-order valence-electron chi connectivity index (χ3n) is 1.81. The van der Waals surface area contributed by atoms with Gasteiger partial charge in [-0.05, 0) is 17.9 Å². The van der Waals surface area contributed by atoms with Crippen LogP contribution in [-0.4, -0.2) is 12.6 Å². The van der Waals surface area contributed by atoms with E-state index in [2.05, 4.69) is 29.8 Å². The third kappa shape index (κ3) is 3.34. The van der Waals surface area contributed by atoms with Crippen LogP contribution in [0.1, 0.15) is 18.2 Å². The van der Waals surface area contributed by atoms with E-state index in [0.717, 1.165) is 19.5 Å². The minimum absolute atomic E-state index is 0.296. The van der Waals surface area contributed by atoms with E-state index in [1.54, 1.807) is 11.3 Å². The van der Waals surface area contributed by atoms with Crippen molar-refractivity contribution in [1.29, 1.82) is 0 Å². The predicted octanol–water partition coefficient (Wildman–Crippen LogP) is 1.57. The molecule has 0 amide bonds. The van der Waals surface area contributed by atoms with E-state index in [1.165, 1.54) is 4.88 Å². The third-order valence-corrected chi connectivity index (χ3v) is 2.69. The van der Waals surface area contributed by atoms with Gasteiger partial charge in [0.25, 0.3) is 0 Å². The molecule has 0 bridgehead atoms. The molecule has 0 saturated carbocycles. The van der Waals surface area contributed by atoms with E-state index in [4.69, 9.17) is 5.73 Å². The topological polar surface area (TPSA) is 38.0 Å². The summed E-state index contributed by atoms with van der Waals surface area (Å²) in [7, 11) is 0. The first-order valence-electron chi connectivity index (χ1n) is 4.31. The molecule has 0 aliphatic rings. The van der Waals surface area contributed by atoms with Crippen molar-refractivity contribution in [3.8, 4) is 0 Å². The van der Waals surface area contributed by atoms with E-state index in [9.17, 15) is 0 Å². The maximum Gasteiger partial charge on any atom is 0.0300 e. The number of rotatable bonds is 5. The summed E-state index contributed by atoms with van der Waals surface area (Å²) in [6.45, 7) is 3.97. The van der Waals surface area contributed by atoms with Crippen LogP contribution >= 0.6 is 11.3 Å². The van der Waals surface area contributed by atoms with E-state index < -0.39 is 0 Å². The summed E-state index contributed by atoms with van der Waals surface area (Å²) in [6, 6.07) is 4.50. The summed E-state index contributed by atoms with van der Waals surface area (Å²) in [6.07, 6.45) is 1.04. The molecule has 1 rings (SSSR count). The molecule has 0 fully saturated rings. The zero-order valence-electron chi connectivity index (χ0n) is 7.42. The van der Waals surface area contributed by atoms with Crippen molar-refractivity contribution in [3.05, 3.63) is 22.4 Å². The number of thiophene rings is 1. The zero-order valence-corrected chi connectivity index (χ0v) is 8.23. The van der Waals surface area contributed by atoms with Crippen LogP contribution in [0.2, 0.25) is 0 Å². The van der Waals surface area contributed by atoms with Crippen LogP contribution in [0, 0.1) is 0 Å². The molecule has 0 aromatic carbocycles. The Labute approximate surface area is 77.8 Å². The molecule has 0 aliphatic heterocycles.